The minimum atomic E-state index is -0.923. The smallest absolute Gasteiger partial charge is 0.335 e. The maximum atomic E-state index is 13.0. The summed E-state index contributed by atoms with van der Waals surface area (Å²) >= 11 is 1.54. The van der Waals surface area contributed by atoms with E-state index < -0.39 is 5.97 Å². The zero-order valence-corrected chi connectivity index (χ0v) is 23.9. The van der Waals surface area contributed by atoms with Crippen molar-refractivity contribution in [2.45, 2.75) is 36.7 Å². The second-order valence-corrected chi connectivity index (χ2v) is 11.6. The Kier molecular flexibility index (Phi) is 8.87. The number of carboxylic acids is 1. The van der Waals surface area contributed by atoms with Crippen molar-refractivity contribution in [3.8, 4) is 0 Å². The second-order valence-electron chi connectivity index (χ2n) is 10.6. The van der Waals surface area contributed by atoms with Crippen LogP contribution in [0, 0.1) is 5.92 Å². The Morgan fingerprint density at radius 2 is 1.70 bits per heavy atom. The monoisotopic (exact) mass is 556 g/mol. The van der Waals surface area contributed by atoms with Crippen molar-refractivity contribution in [2.75, 3.05) is 33.7 Å². The van der Waals surface area contributed by atoms with Gasteiger partial charge in [0, 0.05) is 37.9 Å². The second kappa shape index (κ2) is 12.7. The molecule has 1 saturated heterocycles. The lowest BCUT2D eigenvalue weighted by molar-refractivity contribution is -0.135. The average molecular weight is 557 g/mol. The van der Waals surface area contributed by atoms with Crippen LogP contribution in [0.15, 0.2) is 78.1 Å². The third kappa shape index (κ3) is 6.57. The fourth-order valence-corrected chi connectivity index (χ4v) is 6.37. The topological polar surface area (TPSA) is 78.7 Å². The van der Waals surface area contributed by atoms with E-state index in [0.717, 1.165) is 42.3 Å². The molecule has 0 unspecified atom stereocenters. The number of amides is 1. The van der Waals surface area contributed by atoms with Gasteiger partial charge in [0.25, 0.3) is 0 Å². The first-order valence-electron chi connectivity index (χ1n) is 13.8. The highest BCUT2D eigenvalue weighted by molar-refractivity contribution is 7.98. The van der Waals surface area contributed by atoms with Gasteiger partial charge in [0.1, 0.15) is 0 Å². The molecular weight excluding hydrogens is 520 g/mol. The number of hydrogen-bond acceptors (Lipinski definition) is 5. The summed E-state index contributed by atoms with van der Waals surface area (Å²) in [6.07, 6.45) is 4.58. The minimum Gasteiger partial charge on any atom is -0.478 e. The van der Waals surface area contributed by atoms with Gasteiger partial charge >= 0.3 is 5.97 Å². The summed E-state index contributed by atoms with van der Waals surface area (Å²) in [6, 6.07) is 21.8. The Hall–Kier alpha value is -3.62. The molecule has 7 nitrogen and oxygen atoms in total. The molecule has 1 amide bonds. The lowest BCUT2D eigenvalue weighted by Crippen LogP contribution is -2.40. The number of imidazole rings is 1. The van der Waals surface area contributed by atoms with Gasteiger partial charge in [-0.3, -0.25) is 4.79 Å². The van der Waals surface area contributed by atoms with Crippen LogP contribution in [0.5, 0.6) is 0 Å². The first kappa shape index (κ1) is 27.9. The molecule has 208 valence electrons. The van der Waals surface area contributed by atoms with E-state index in [9.17, 15) is 14.7 Å². The summed E-state index contributed by atoms with van der Waals surface area (Å²) in [5.74, 6) is -0.0924. The van der Waals surface area contributed by atoms with Crippen LogP contribution in [0.2, 0.25) is 0 Å². The lowest BCUT2D eigenvalue weighted by atomic mass is 9.95. The van der Waals surface area contributed by atoms with Crippen LogP contribution in [0.25, 0.3) is 10.8 Å². The number of aromatic carboxylic acids is 1. The molecule has 2 heterocycles. The van der Waals surface area contributed by atoms with E-state index in [1.54, 1.807) is 23.9 Å². The van der Waals surface area contributed by atoms with E-state index in [4.69, 9.17) is 4.98 Å². The molecule has 0 aliphatic carbocycles. The van der Waals surface area contributed by atoms with Crippen LogP contribution in [-0.2, 0) is 23.5 Å². The molecule has 8 heteroatoms. The molecule has 0 atom stereocenters. The predicted molar refractivity (Wildman–Crippen MR) is 160 cm³/mol. The maximum absolute atomic E-state index is 13.0. The number of piperidine rings is 1. The van der Waals surface area contributed by atoms with Crippen LogP contribution in [-0.4, -0.2) is 70.1 Å². The minimum absolute atomic E-state index is 0.102. The largest absolute Gasteiger partial charge is 0.478 e. The SMILES string of the molecule is CN1CCC(C(=O)N(C)CCc2cn(Cc3cccc4ccccc34)c(SCc3ccccc3C(=O)O)n2)CC1. The highest BCUT2D eigenvalue weighted by Crippen LogP contribution is 2.27. The summed E-state index contributed by atoms with van der Waals surface area (Å²) in [6.45, 7) is 3.20. The number of likely N-dealkylation sites (N-methyl/N-ethyl adjacent to an activating group) is 1. The molecule has 0 spiro atoms. The highest BCUT2D eigenvalue weighted by atomic mass is 32.2. The molecule has 1 fully saturated rings. The number of aromatic nitrogens is 2. The first-order chi connectivity index (χ1) is 19.4. The third-order valence-corrected chi connectivity index (χ3v) is 8.80. The van der Waals surface area contributed by atoms with Gasteiger partial charge in [-0.1, -0.05) is 72.4 Å². The van der Waals surface area contributed by atoms with Crippen LogP contribution in [0.3, 0.4) is 0 Å². The number of thioether (sulfide) groups is 1. The molecule has 1 aliphatic heterocycles. The fourth-order valence-electron chi connectivity index (χ4n) is 5.37. The molecule has 3 aromatic carbocycles. The zero-order chi connectivity index (χ0) is 28.1. The van der Waals surface area contributed by atoms with E-state index in [1.807, 2.05) is 30.1 Å². The number of hydrogen-bond donors (Lipinski definition) is 1. The molecule has 0 bridgehead atoms. The molecule has 0 saturated carbocycles. The number of nitrogens with zero attached hydrogens (tertiary/aromatic N) is 4. The van der Waals surface area contributed by atoms with E-state index >= 15 is 0 Å². The predicted octanol–water partition coefficient (Wildman–Crippen LogP) is 5.42. The number of carboxylic acid groups (broad SMARTS) is 1. The normalized spacial score (nSPS) is 14.4. The van der Waals surface area contributed by atoms with Gasteiger partial charge in [0.05, 0.1) is 17.8 Å². The van der Waals surface area contributed by atoms with Gasteiger partial charge in [0.15, 0.2) is 5.16 Å². The van der Waals surface area contributed by atoms with E-state index in [0.29, 0.717) is 30.8 Å². The van der Waals surface area contributed by atoms with Gasteiger partial charge < -0.3 is 19.5 Å². The Balaban J connectivity index is 1.35. The molecule has 4 aromatic rings. The Morgan fingerprint density at radius 3 is 2.50 bits per heavy atom. The van der Waals surface area contributed by atoms with Gasteiger partial charge in [-0.15, -0.1) is 0 Å². The summed E-state index contributed by atoms with van der Waals surface area (Å²) in [5, 5.41) is 12.9. The van der Waals surface area contributed by atoms with Crippen LogP contribution < -0.4 is 0 Å². The van der Waals surface area contributed by atoms with Crippen LogP contribution in [0.1, 0.15) is 40.0 Å². The quantitative estimate of drug-likeness (QED) is 0.263. The summed E-state index contributed by atoms with van der Waals surface area (Å²) in [4.78, 5) is 33.9. The summed E-state index contributed by atoms with van der Waals surface area (Å²) in [7, 11) is 4.00. The molecule has 1 N–H and O–H groups in total. The van der Waals surface area contributed by atoms with Crippen molar-refractivity contribution in [3.05, 3.63) is 95.3 Å². The molecule has 1 aliphatic rings. The number of likely N-dealkylation sites (tertiary alicyclic amines) is 1. The van der Waals surface area contributed by atoms with Crippen molar-refractivity contribution >= 4 is 34.4 Å². The van der Waals surface area contributed by atoms with Gasteiger partial charge in [0.2, 0.25) is 5.91 Å². The average Bonchev–Trinajstić information content (AvgIpc) is 3.36. The molecule has 5 rings (SSSR count). The zero-order valence-electron chi connectivity index (χ0n) is 23.1. The summed E-state index contributed by atoms with van der Waals surface area (Å²) in [5.41, 5.74) is 3.21. The van der Waals surface area contributed by atoms with Crippen molar-refractivity contribution in [3.63, 3.8) is 0 Å². The Morgan fingerprint density at radius 1 is 1.00 bits per heavy atom. The standard InChI is InChI=1S/C32H36N4O3S/c1-34-17-14-24(15-18-34)30(37)35(2)19-16-27-21-36(20-25-11-7-10-23-8-3-5-12-28(23)25)32(33-27)40-22-26-9-4-6-13-29(26)31(38)39/h3-13,21,24H,14-20,22H2,1-2H3,(H,38,39). The molecule has 0 radical (unpaired) electrons. The van der Waals surface area contributed by atoms with Crippen molar-refractivity contribution in [1.82, 2.24) is 19.4 Å². The highest BCUT2D eigenvalue weighted by Gasteiger charge is 2.26. The molecule has 40 heavy (non-hydrogen) atoms. The molecular formula is C32H36N4O3S. The van der Waals surface area contributed by atoms with E-state index in [1.165, 1.54) is 16.3 Å². The first-order valence-corrected chi connectivity index (χ1v) is 14.8. The number of rotatable bonds is 10. The number of fused-ring (bicyclic) bond motifs is 1. The van der Waals surface area contributed by atoms with E-state index in [2.05, 4.69) is 59.1 Å². The number of benzene rings is 3. The Bertz CT molecular complexity index is 1490. The third-order valence-electron chi connectivity index (χ3n) is 7.76. The van der Waals surface area contributed by atoms with Gasteiger partial charge in [-0.2, -0.15) is 0 Å². The van der Waals surface area contributed by atoms with Crippen LogP contribution in [0.4, 0.5) is 0 Å². The van der Waals surface area contributed by atoms with Gasteiger partial charge in [-0.05, 0) is 60.9 Å². The lowest BCUT2D eigenvalue weighted by Gasteiger charge is -2.30. The van der Waals surface area contributed by atoms with Crippen molar-refractivity contribution < 1.29 is 14.7 Å². The Labute approximate surface area is 239 Å². The molecule has 1 aromatic heterocycles. The van der Waals surface area contributed by atoms with Gasteiger partial charge in [-0.25, -0.2) is 9.78 Å². The van der Waals surface area contributed by atoms with Crippen molar-refractivity contribution in [1.29, 1.82) is 0 Å². The fraction of sp³-hybridized carbons (Fsp3) is 0.344. The maximum Gasteiger partial charge on any atom is 0.335 e. The van der Waals surface area contributed by atoms with Crippen LogP contribution >= 0.6 is 11.8 Å². The van der Waals surface area contributed by atoms with Crippen molar-refractivity contribution in [2.24, 2.45) is 5.92 Å². The van der Waals surface area contributed by atoms with E-state index in [-0.39, 0.29) is 11.8 Å². The number of carbonyl (C=O) groups is 2. The number of carbonyl (C=O) groups excluding carboxylic acids is 1. The summed E-state index contributed by atoms with van der Waals surface area (Å²) < 4.78 is 2.16.